The lowest BCUT2D eigenvalue weighted by atomic mass is 10.2. The summed E-state index contributed by atoms with van der Waals surface area (Å²) in [4.78, 5) is 6.32. The van der Waals surface area contributed by atoms with E-state index in [1.807, 2.05) is 0 Å². The second-order valence-corrected chi connectivity index (χ2v) is 7.24. The number of sulfonamides is 1. The normalized spacial score (nSPS) is 20.1. The Balaban J connectivity index is 2.19. The number of hydrogen-bond donors (Lipinski definition) is 2. The van der Waals surface area contributed by atoms with Crippen molar-refractivity contribution in [1.29, 1.82) is 0 Å². The van der Waals surface area contributed by atoms with Crippen molar-refractivity contribution in [2.75, 3.05) is 32.1 Å². The summed E-state index contributed by atoms with van der Waals surface area (Å²) in [7, 11) is -1.99. The third kappa shape index (κ3) is 3.34. The number of aromatic nitrogens is 1. The summed E-state index contributed by atoms with van der Waals surface area (Å²) in [6.45, 7) is 4.57. The minimum atomic E-state index is -3.60. The van der Waals surface area contributed by atoms with E-state index in [0.717, 1.165) is 25.9 Å². The Kier molecular flexibility index (Phi) is 5.15. The van der Waals surface area contributed by atoms with Crippen molar-refractivity contribution in [3.05, 3.63) is 18.5 Å². The predicted octanol–water partition coefficient (Wildman–Crippen LogP) is 0.472. The minimum Gasteiger partial charge on any atom is -0.323 e. The second-order valence-electron chi connectivity index (χ2n) is 5.23. The molecular formula is C13H23N5O2S. The van der Waals surface area contributed by atoms with Gasteiger partial charge in [-0.05, 0) is 32.0 Å². The van der Waals surface area contributed by atoms with Crippen molar-refractivity contribution in [2.45, 2.75) is 30.7 Å². The van der Waals surface area contributed by atoms with Crippen LogP contribution in [0.15, 0.2) is 23.4 Å². The summed E-state index contributed by atoms with van der Waals surface area (Å²) in [6, 6.07) is 1.83. The van der Waals surface area contributed by atoms with Crippen LogP contribution < -0.4 is 11.3 Å². The predicted molar refractivity (Wildman–Crippen MR) is 82.1 cm³/mol. The summed E-state index contributed by atoms with van der Waals surface area (Å²) in [5.41, 5.74) is 2.77. The Morgan fingerprint density at radius 1 is 1.57 bits per heavy atom. The van der Waals surface area contributed by atoms with E-state index >= 15 is 0 Å². The molecule has 0 spiro atoms. The monoisotopic (exact) mass is 313 g/mol. The third-order valence-corrected chi connectivity index (χ3v) is 5.85. The SMILES string of the molecule is CCN1CCCC1CN(C)S(=O)(=O)c1cnccc1NN. The van der Waals surface area contributed by atoms with Crippen molar-refractivity contribution < 1.29 is 8.42 Å². The van der Waals surface area contributed by atoms with Gasteiger partial charge in [0.25, 0.3) is 0 Å². The highest BCUT2D eigenvalue weighted by Crippen LogP contribution is 2.24. The van der Waals surface area contributed by atoms with Gasteiger partial charge >= 0.3 is 0 Å². The van der Waals surface area contributed by atoms with Crippen LogP contribution in [0.1, 0.15) is 19.8 Å². The van der Waals surface area contributed by atoms with E-state index in [1.54, 1.807) is 13.1 Å². The van der Waals surface area contributed by atoms with Gasteiger partial charge in [0, 0.05) is 32.0 Å². The van der Waals surface area contributed by atoms with Gasteiger partial charge in [0.15, 0.2) is 0 Å². The van der Waals surface area contributed by atoms with Crippen molar-refractivity contribution in [3.8, 4) is 0 Å². The summed E-state index contributed by atoms with van der Waals surface area (Å²) in [5.74, 6) is 5.39. The number of pyridine rings is 1. The van der Waals surface area contributed by atoms with Crippen LogP contribution in [0.25, 0.3) is 0 Å². The molecule has 0 aliphatic carbocycles. The van der Waals surface area contributed by atoms with Gasteiger partial charge in [-0.3, -0.25) is 15.7 Å². The average molecular weight is 313 g/mol. The van der Waals surface area contributed by atoms with Gasteiger partial charge in [-0.15, -0.1) is 0 Å². The molecule has 21 heavy (non-hydrogen) atoms. The van der Waals surface area contributed by atoms with Crippen LogP contribution in [0.5, 0.6) is 0 Å². The average Bonchev–Trinajstić information content (AvgIpc) is 2.94. The van der Waals surface area contributed by atoms with E-state index < -0.39 is 10.0 Å². The molecule has 3 N–H and O–H groups in total. The number of anilines is 1. The smallest absolute Gasteiger partial charge is 0.246 e. The van der Waals surface area contributed by atoms with E-state index in [-0.39, 0.29) is 10.9 Å². The van der Waals surface area contributed by atoms with Crippen LogP contribution in [-0.2, 0) is 10.0 Å². The summed E-state index contributed by atoms with van der Waals surface area (Å²) in [5, 5.41) is 0. The molecule has 118 valence electrons. The lowest BCUT2D eigenvalue weighted by Gasteiger charge is -2.27. The lowest BCUT2D eigenvalue weighted by molar-refractivity contribution is 0.237. The van der Waals surface area contributed by atoms with Crippen molar-refractivity contribution in [2.24, 2.45) is 5.84 Å². The maximum Gasteiger partial charge on any atom is 0.246 e. The van der Waals surface area contributed by atoms with Gasteiger partial charge in [0.05, 0.1) is 5.69 Å². The highest BCUT2D eigenvalue weighted by atomic mass is 32.2. The molecule has 0 amide bonds. The highest BCUT2D eigenvalue weighted by molar-refractivity contribution is 7.89. The van der Waals surface area contributed by atoms with Crippen molar-refractivity contribution in [3.63, 3.8) is 0 Å². The largest absolute Gasteiger partial charge is 0.323 e. The maximum atomic E-state index is 12.7. The van der Waals surface area contributed by atoms with E-state index in [0.29, 0.717) is 12.2 Å². The quantitative estimate of drug-likeness (QED) is 0.586. The first-order valence-corrected chi connectivity index (χ1v) is 8.55. The first-order chi connectivity index (χ1) is 10.0. The number of nitrogens with zero attached hydrogens (tertiary/aromatic N) is 3. The zero-order chi connectivity index (χ0) is 15.5. The molecule has 7 nitrogen and oxygen atoms in total. The molecule has 0 saturated carbocycles. The topological polar surface area (TPSA) is 91.6 Å². The maximum absolute atomic E-state index is 12.7. The van der Waals surface area contributed by atoms with Gasteiger partial charge in [-0.1, -0.05) is 6.92 Å². The molecule has 1 aliphatic rings. The summed E-state index contributed by atoms with van der Waals surface area (Å²) >= 11 is 0. The zero-order valence-electron chi connectivity index (χ0n) is 12.5. The number of likely N-dealkylation sites (N-methyl/N-ethyl adjacent to an activating group) is 2. The number of rotatable bonds is 6. The van der Waals surface area contributed by atoms with Crippen LogP contribution >= 0.6 is 0 Å². The molecule has 0 radical (unpaired) electrons. The number of nitrogen functional groups attached to an aromatic ring is 1. The molecule has 1 aliphatic heterocycles. The molecule has 2 heterocycles. The summed E-state index contributed by atoms with van der Waals surface area (Å²) < 4.78 is 26.7. The fourth-order valence-corrected chi connectivity index (χ4v) is 4.09. The number of likely N-dealkylation sites (tertiary alicyclic amines) is 1. The lowest BCUT2D eigenvalue weighted by Crippen LogP contribution is -2.41. The molecule has 2 rings (SSSR count). The molecule has 8 heteroatoms. The molecule has 1 saturated heterocycles. The molecule has 1 aromatic rings. The number of nitrogens with two attached hydrogens (primary N) is 1. The summed E-state index contributed by atoms with van der Waals surface area (Å²) in [6.07, 6.45) is 4.98. The Bertz CT molecular complexity index is 578. The Hall–Kier alpha value is -1.22. The molecule has 1 unspecified atom stereocenters. The molecule has 1 atom stereocenters. The number of hydrogen-bond acceptors (Lipinski definition) is 6. The molecule has 0 aromatic carbocycles. The van der Waals surface area contributed by atoms with Crippen LogP contribution in [0.3, 0.4) is 0 Å². The van der Waals surface area contributed by atoms with E-state index in [9.17, 15) is 8.42 Å². The zero-order valence-corrected chi connectivity index (χ0v) is 13.3. The van der Waals surface area contributed by atoms with Gasteiger partial charge in [0.1, 0.15) is 4.90 Å². The van der Waals surface area contributed by atoms with Crippen molar-refractivity contribution >= 4 is 15.7 Å². The first kappa shape index (κ1) is 16.2. The van der Waals surface area contributed by atoms with Gasteiger partial charge in [-0.2, -0.15) is 4.31 Å². The van der Waals surface area contributed by atoms with Gasteiger partial charge in [0.2, 0.25) is 10.0 Å². The Morgan fingerprint density at radius 3 is 3.00 bits per heavy atom. The van der Waals surface area contributed by atoms with Gasteiger partial charge in [-0.25, -0.2) is 8.42 Å². The fraction of sp³-hybridized carbons (Fsp3) is 0.615. The molecular weight excluding hydrogens is 290 g/mol. The van der Waals surface area contributed by atoms with E-state index in [4.69, 9.17) is 5.84 Å². The Labute approximate surface area is 126 Å². The number of hydrazine groups is 1. The van der Waals surface area contributed by atoms with E-state index in [1.165, 1.54) is 16.7 Å². The third-order valence-electron chi connectivity index (χ3n) is 4.00. The Morgan fingerprint density at radius 2 is 2.33 bits per heavy atom. The minimum absolute atomic E-state index is 0.107. The molecule has 1 aromatic heterocycles. The molecule has 1 fully saturated rings. The highest BCUT2D eigenvalue weighted by Gasteiger charge is 2.30. The molecule has 0 bridgehead atoms. The van der Waals surface area contributed by atoms with E-state index in [2.05, 4.69) is 22.2 Å². The van der Waals surface area contributed by atoms with Crippen molar-refractivity contribution in [1.82, 2.24) is 14.2 Å². The fourth-order valence-electron chi connectivity index (χ4n) is 2.79. The second kappa shape index (κ2) is 6.69. The van der Waals surface area contributed by atoms with Crippen LogP contribution in [0.2, 0.25) is 0 Å². The van der Waals surface area contributed by atoms with Crippen LogP contribution in [0, 0.1) is 0 Å². The standard InChI is InChI=1S/C13H23N5O2S/c1-3-18-8-4-5-11(18)10-17(2)21(19,20)13-9-15-7-6-12(13)16-14/h6-7,9,11H,3-5,8,10,14H2,1-2H3,(H,15,16). The first-order valence-electron chi connectivity index (χ1n) is 7.11. The van der Waals surface area contributed by atoms with Gasteiger partial charge < -0.3 is 5.43 Å². The number of nitrogens with one attached hydrogen (secondary N) is 1. The van der Waals surface area contributed by atoms with Crippen LogP contribution in [-0.4, -0.2) is 55.3 Å². The van der Waals surface area contributed by atoms with Crippen LogP contribution in [0.4, 0.5) is 5.69 Å².